The zero-order chi connectivity index (χ0) is 32.0. The number of sulfone groups is 1. The molecule has 4 heterocycles. The summed E-state index contributed by atoms with van der Waals surface area (Å²) in [5, 5.41) is 10.8. The van der Waals surface area contributed by atoms with Gasteiger partial charge in [0.15, 0.2) is 9.84 Å². The minimum Gasteiger partial charge on any atom is -0.403 e. The van der Waals surface area contributed by atoms with Crippen LogP contribution in [0.15, 0.2) is 71.4 Å². The number of nitrogens with one attached hydrogen (secondary N) is 2. The van der Waals surface area contributed by atoms with Crippen molar-refractivity contribution in [2.75, 3.05) is 36.1 Å². The van der Waals surface area contributed by atoms with E-state index in [4.69, 9.17) is 16.6 Å². The van der Waals surface area contributed by atoms with Gasteiger partial charge in [-0.25, -0.2) is 8.42 Å². The van der Waals surface area contributed by atoms with Crippen LogP contribution in [-0.4, -0.2) is 65.8 Å². The average molecular weight is 632 g/mol. The maximum atomic E-state index is 13.2. The minimum absolute atomic E-state index is 0.0332. The normalized spacial score (nSPS) is 18.6. The second-order valence-electron chi connectivity index (χ2n) is 11.6. The molecule has 0 radical (unpaired) electrons. The number of rotatable bonds is 9. The second-order valence-corrected chi connectivity index (χ2v) is 13.9. The first-order valence-electron chi connectivity index (χ1n) is 14.9. The first-order chi connectivity index (χ1) is 21.5. The van der Waals surface area contributed by atoms with Crippen LogP contribution in [0, 0.1) is 5.92 Å². The lowest BCUT2D eigenvalue weighted by Crippen LogP contribution is -2.51. The Bertz CT molecular complexity index is 1840. The predicted molar refractivity (Wildman–Crippen MR) is 170 cm³/mol. The zero-order valence-corrected chi connectivity index (χ0v) is 26.2. The minimum atomic E-state index is -3.45. The maximum Gasteiger partial charge on any atom is 0.272 e. The zero-order valence-electron chi connectivity index (χ0n) is 25.4. The smallest absolute Gasteiger partial charge is 0.272 e. The van der Waals surface area contributed by atoms with Crippen molar-refractivity contribution in [3.63, 3.8) is 0 Å². The van der Waals surface area contributed by atoms with Crippen LogP contribution in [0.2, 0.25) is 0 Å². The molecule has 1 unspecified atom stereocenters. The van der Waals surface area contributed by atoms with Crippen molar-refractivity contribution in [1.82, 2.24) is 25.0 Å². The lowest BCUT2D eigenvalue weighted by atomic mass is 9.93. The molecule has 3 aliphatic rings. The van der Waals surface area contributed by atoms with Crippen LogP contribution in [0.4, 0.5) is 11.4 Å². The van der Waals surface area contributed by atoms with E-state index in [9.17, 15) is 18.0 Å². The van der Waals surface area contributed by atoms with E-state index >= 15 is 0 Å². The molecule has 1 saturated heterocycles. The summed E-state index contributed by atoms with van der Waals surface area (Å²) in [5.74, 6) is -0.190. The van der Waals surface area contributed by atoms with Crippen molar-refractivity contribution in [3.8, 4) is 11.1 Å². The first kappa shape index (κ1) is 30.2. The Labute approximate surface area is 261 Å². The molecule has 1 aliphatic carbocycles. The topological polar surface area (TPSA) is 182 Å². The Morgan fingerprint density at radius 1 is 1.16 bits per heavy atom. The number of anilines is 2. The van der Waals surface area contributed by atoms with E-state index < -0.39 is 9.84 Å². The fourth-order valence-corrected chi connectivity index (χ4v) is 6.70. The summed E-state index contributed by atoms with van der Waals surface area (Å²) >= 11 is 0. The summed E-state index contributed by atoms with van der Waals surface area (Å²) in [6.07, 6.45) is 7.99. The van der Waals surface area contributed by atoms with E-state index in [2.05, 4.69) is 27.4 Å². The molecule has 0 bridgehead atoms. The number of benzene rings is 1. The molecule has 2 amide bonds. The lowest BCUT2D eigenvalue weighted by molar-refractivity contribution is -0.121. The summed E-state index contributed by atoms with van der Waals surface area (Å²) in [6.45, 7) is 4.53. The van der Waals surface area contributed by atoms with Gasteiger partial charge in [-0.15, -0.1) is 0 Å². The van der Waals surface area contributed by atoms with Gasteiger partial charge >= 0.3 is 0 Å². The largest absolute Gasteiger partial charge is 0.403 e. The molecule has 236 valence electrons. The highest BCUT2D eigenvalue weighted by Crippen LogP contribution is 2.48. The number of para-hydroxylation sites is 1. The molecule has 2 aliphatic heterocycles. The lowest BCUT2D eigenvalue weighted by Gasteiger charge is -2.42. The van der Waals surface area contributed by atoms with E-state index in [0.29, 0.717) is 18.8 Å². The third-order valence-electron chi connectivity index (χ3n) is 8.66. The number of nitrogens with two attached hydrogens (primary N) is 2. The van der Waals surface area contributed by atoms with Crippen molar-refractivity contribution in [2.45, 2.75) is 43.7 Å². The molecule has 0 spiro atoms. The number of nitrogens with zero attached hydrogens (tertiary/aromatic N) is 5. The SMILES string of the molecule is CCS(=O)(=O)c1ccnc(C(=O)N2CC(n3ncc4c3C(C)N(C)c3c(NC(=C\N)/C=C(\N)NC(=O)C5CC5)cccc3-4)C2)c1. The van der Waals surface area contributed by atoms with E-state index in [0.717, 1.165) is 41.0 Å². The molecule has 45 heavy (non-hydrogen) atoms. The van der Waals surface area contributed by atoms with Gasteiger partial charge in [-0.1, -0.05) is 19.1 Å². The number of carbonyl (C=O) groups excluding carboxylic acids is 2. The molecular formula is C31H37N9O4S. The van der Waals surface area contributed by atoms with Crippen LogP contribution in [0.3, 0.4) is 0 Å². The van der Waals surface area contributed by atoms with Crippen LogP contribution in [0.5, 0.6) is 0 Å². The third kappa shape index (κ3) is 5.61. The van der Waals surface area contributed by atoms with Gasteiger partial charge in [-0.3, -0.25) is 19.3 Å². The molecule has 13 nitrogen and oxygen atoms in total. The summed E-state index contributed by atoms with van der Waals surface area (Å²) in [4.78, 5) is 33.3. The van der Waals surface area contributed by atoms with Crippen LogP contribution >= 0.6 is 0 Å². The van der Waals surface area contributed by atoms with Gasteiger partial charge in [-0.2, -0.15) is 5.10 Å². The Hall–Kier alpha value is -4.85. The highest BCUT2D eigenvalue weighted by molar-refractivity contribution is 7.91. The molecule has 6 N–H and O–H groups in total. The Balaban J connectivity index is 1.21. The molecule has 14 heteroatoms. The number of allylic oxidation sites excluding steroid dienone is 1. The van der Waals surface area contributed by atoms with Gasteiger partial charge in [-0.05, 0) is 38.0 Å². The average Bonchev–Trinajstić information content (AvgIpc) is 3.78. The maximum absolute atomic E-state index is 13.2. The molecule has 3 aromatic rings. The highest BCUT2D eigenvalue weighted by atomic mass is 32.2. The van der Waals surface area contributed by atoms with Crippen LogP contribution in [0.1, 0.15) is 55.0 Å². The fourth-order valence-electron chi connectivity index (χ4n) is 5.81. The summed E-state index contributed by atoms with van der Waals surface area (Å²) < 4.78 is 26.6. The monoisotopic (exact) mass is 631 g/mol. The number of fused-ring (bicyclic) bond motifs is 3. The van der Waals surface area contributed by atoms with Crippen LogP contribution < -0.4 is 27.0 Å². The molecule has 1 aromatic carbocycles. The van der Waals surface area contributed by atoms with Crippen molar-refractivity contribution in [2.24, 2.45) is 17.4 Å². The molecule has 6 rings (SSSR count). The van der Waals surface area contributed by atoms with Gasteiger partial charge in [0.1, 0.15) is 11.5 Å². The Morgan fingerprint density at radius 2 is 1.91 bits per heavy atom. The number of carbonyl (C=O) groups is 2. The summed E-state index contributed by atoms with van der Waals surface area (Å²) in [6, 6.07) is 8.62. The number of likely N-dealkylation sites (tertiary alicyclic amines) is 1. The van der Waals surface area contributed by atoms with E-state index in [-0.39, 0.29) is 52.0 Å². The molecular weight excluding hydrogens is 594 g/mol. The van der Waals surface area contributed by atoms with E-state index in [1.54, 1.807) is 17.9 Å². The Kier molecular flexibility index (Phi) is 7.77. The number of pyridine rings is 1. The quantitative estimate of drug-likeness (QED) is 0.256. The van der Waals surface area contributed by atoms with E-state index in [1.165, 1.54) is 24.5 Å². The Morgan fingerprint density at radius 3 is 2.60 bits per heavy atom. The van der Waals surface area contributed by atoms with Crippen molar-refractivity contribution < 1.29 is 18.0 Å². The van der Waals surface area contributed by atoms with Crippen molar-refractivity contribution in [3.05, 3.63) is 77.9 Å². The predicted octanol–water partition coefficient (Wildman–Crippen LogP) is 2.48. The summed E-state index contributed by atoms with van der Waals surface area (Å²) in [5.41, 5.74) is 17.4. The van der Waals surface area contributed by atoms with Gasteiger partial charge in [0.2, 0.25) is 5.91 Å². The third-order valence-corrected chi connectivity index (χ3v) is 10.4. The van der Waals surface area contributed by atoms with Gasteiger partial charge < -0.3 is 31.9 Å². The van der Waals surface area contributed by atoms with Crippen LogP contribution in [0.25, 0.3) is 11.1 Å². The number of hydrogen-bond donors (Lipinski definition) is 4. The van der Waals surface area contributed by atoms with Gasteiger partial charge in [0.05, 0.1) is 51.7 Å². The number of aromatic nitrogens is 3. The summed E-state index contributed by atoms with van der Waals surface area (Å²) in [7, 11) is -1.44. The highest BCUT2D eigenvalue weighted by Gasteiger charge is 2.39. The van der Waals surface area contributed by atoms with Gasteiger partial charge in [0, 0.05) is 55.7 Å². The van der Waals surface area contributed by atoms with Gasteiger partial charge in [0.25, 0.3) is 5.91 Å². The second kappa shape index (κ2) is 11.6. The fraction of sp³-hybridized carbons (Fsp3) is 0.355. The van der Waals surface area contributed by atoms with E-state index in [1.807, 2.05) is 36.1 Å². The van der Waals surface area contributed by atoms with Crippen LogP contribution in [-0.2, 0) is 14.6 Å². The standard InChI is InChI=1S/C31H37N9O4S/c1-4-45(43,44)22-10-11-34-26(13-22)31(42)39-16-21(17-39)40-28-18(2)38(3)29-23(24(28)15-35-40)6-5-7-25(29)36-20(14-32)12-27(33)37-30(41)19-8-9-19/h5-7,10-15,18-19,21,36H,4,8-9,16-17,32-33H2,1-3H3,(H,37,41)/b20-14-,27-12+. The molecule has 2 fully saturated rings. The number of hydrogen-bond acceptors (Lipinski definition) is 10. The van der Waals surface area contributed by atoms with Crippen molar-refractivity contribution >= 4 is 33.0 Å². The molecule has 1 atom stereocenters. The first-order valence-corrected chi connectivity index (χ1v) is 16.6. The molecule has 1 saturated carbocycles. The molecule has 2 aromatic heterocycles. The van der Waals surface area contributed by atoms with Crippen molar-refractivity contribution in [1.29, 1.82) is 0 Å². The number of amides is 2.